The van der Waals surface area contributed by atoms with Crippen LogP contribution in [0.1, 0.15) is 45.3 Å². The fraction of sp³-hybridized carbons (Fsp3) is 0.692. The van der Waals surface area contributed by atoms with Gasteiger partial charge in [-0.2, -0.15) is 0 Å². The molecule has 1 atom stereocenters. The number of ether oxygens (including phenoxy) is 2. The molecule has 1 aromatic heterocycles. The van der Waals surface area contributed by atoms with E-state index in [0.717, 1.165) is 12.8 Å². The van der Waals surface area contributed by atoms with Gasteiger partial charge < -0.3 is 15.2 Å². The van der Waals surface area contributed by atoms with Crippen molar-refractivity contribution in [2.45, 2.75) is 45.3 Å². The number of nitrogens with zero attached hydrogens (tertiary/aromatic N) is 2. The van der Waals surface area contributed by atoms with Crippen molar-refractivity contribution in [1.29, 1.82) is 0 Å². The molecule has 0 saturated heterocycles. The maximum absolute atomic E-state index is 6.35. The first-order valence-electron chi connectivity index (χ1n) is 6.39. The lowest BCUT2D eigenvalue weighted by molar-refractivity contribution is -0.0659. The van der Waals surface area contributed by atoms with E-state index in [4.69, 9.17) is 15.2 Å². The molecule has 0 aliphatic heterocycles. The van der Waals surface area contributed by atoms with Gasteiger partial charge in [0.15, 0.2) is 0 Å². The molecule has 0 aromatic carbocycles. The number of rotatable bonds is 7. The van der Waals surface area contributed by atoms with E-state index in [0.29, 0.717) is 18.2 Å². The Labute approximate surface area is 109 Å². The van der Waals surface area contributed by atoms with Gasteiger partial charge in [-0.05, 0) is 19.8 Å². The summed E-state index contributed by atoms with van der Waals surface area (Å²) in [5, 5.41) is 0. The molecule has 1 rings (SSSR count). The molecule has 5 nitrogen and oxygen atoms in total. The van der Waals surface area contributed by atoms with Crippen molar-refractivity contribution in [3.05, 3.63) is 18.1 Å². The van der Waals surface area contributed by atoms with Gasteiger partial charge in [0.05, 0.1) is 18.8 Å². The van der Waals surface area contributed by atoms with Crippen LogP contribution in [-0.2, 0) is 4.74 Å². The van der Waals surface area contributed by atoms with E-state index in [1.807, 2.05) is 6.92 Å². The summed E-state index contributed by atoms with van der Waals surface area (Å²) in [5.41, 5.74) is 6.58. The van der Waals surface area contributed by atoms with Crippen LogP contribution in [0.3, 0.4) is 0 Å². The van der Waals surface area contributed by atoms with Gasteiger partial charge in [-0.25, -0.2) is 4.98 Å². The topological polar surface area (TPSA) is 70.3 Å². The first-order chi connectivity index (χ1) is 8.65. The van der Waals surface area contributed by atoms with Crippen LogP contribution in [0.4, 0.5) is 0 Å². The van der Waals surface area contributed by atoms with E-state index in [1.54, 1.807) is 19.5 Å². The molecule has 0 spiro atoms. The van der Waals surface area contributed by atoms with Crippen LogP contribution in [0.25, 0.3) is 0 Å². The standard InChI is InChI=1S/C13H23N3O2/c1-5-13(6-2,18-7-3)11(14)10-12(17-4)16-9-8-15-10/h8-9,11H,5-7,14H2,1-4H3. The van der Waals surface area contributed by atoms with Crippen molar-refractivity contribution in [3.63, 3.8) is 0 Å². The lowest BCUT2D eigenvalue weighted by Gasteiger charge is -2.37. The van der Waals surface area contributed by atoms with Crippen molar-refractivity contribution in [2.75, 3.05) is 13.7 Å². The van der Waals surface area contributed by atoms with E-state index in [-0.39, 0.29) is 6.04 Å². The molecule has 0 aliphatic carbocycles. The quantitative estimate of drug-likeness (QED) is 0.805. The van der Waals surface area contributed by atoms with E-state index in [9.17, 15) is 0 Å². The summed E-state index contributed by atoms with van der Waals surface area (Å²) >= 11 is 0. The van der Waals surface area contributed by atoms with Gasteiger partial charge in [0, 0.05) is 19.0 Å². The highest BCUT2D eigenvalue weighted by Gasteiger charge is 2.37. The highest BCUT2D eigenvalue weighted by Crippen LogP contribution is 2.35. The molecule has 0 saturated carbocycles. The van der Waals surface area contributed by atoms with Crippen LogP contribution in [0, 0.1) is 0 Å². The van der Waals surface area contributed by atoms with Crippen molar-refractivity contribution in [2.24, 2.45) is 5.73 Å². The van der Waals surface area contributed by atoms with Crippen LogP contribution >= 0.6 is 0 Å². The third-order valence-electron chi connectivity index (χ3n) is 3.37. The van der Waals surface area contributed by atoms with E-state index in [2.05, 4.69) is 23.8 Å². The first kappa shape index (κ1) is 14.9. The Morgan fingerprint density at radius 3 is 2.33 bits per heavy atom. The second-order valence-corrected chi connectivity index (χ2v) is 4.13. The fourth-order valence-electron chi connectivity index (χ4n) is 2.23. The minimum Gasteiger partial charge on any atom is -0.480 e. The maximum atomic E-state index is 6.35. The average Bonchev–Trinajstić information content (AvgIpc) is 2.44. The molecule has 0 amide bonds. The lowest BCUT2D eigenvalue weighted by atomic mass is 9.86. The number of hydrogen-bond acceptors (Lipinski definition) is 5. The molecule has 1 unspecified atom stereocenters. The molecule has 1 heterocycles. The van der Waals surface area contributed by atoms with Crippen molar-refractivity contribution in [1.82, 2.24) is 9.97 Å². The van der Waals surface area contributed by atoms with Crippen LogP contribution < -0.4 is 10.5 Å². The smallest absolute Gasteiger partial charge is 0.237 e. The Balaban J connectivity index is 3.12. The summed E-state index contributed by atoms with van der Waals surface area (Å²) < 4.78 is 11.1. The average molecular weight is 253 g/mol. The predicted molar refractivity (Wildman–Crippen MR) is 70.5 cm³/mol. The highest BCUT2D eigenvalue weighted by molar-refractivity contribution is 5.24. The van der Waals surface area contributed by atoms with E-state index in [1.165, 1.54) is 0 Å². The van der Waals surface area contributed by atoms with Gasteiger partial charge in [-0.15, -0.1) is 0 Å². The Kier molecular flexibility index (Phi) is 5.50. The number of nitrogens with two attached hydrogens (primary N) is 1. The molecule has 102 valence electrons. The minimum atomic E-state index is -0.419. The van der Waals surface area contributed by atoms with Crippen LogP contribution in [0.15, 0.2) is 12.4 Å². The third-order valence-corrected chi connectivity index (χ3v) is 3.37. The van der Waals surface area contributed by atoms with Gasteiger partial charge in [-0.1, -0.05) is 13.8 Å². The molecule has 5 heteroatoms. The normalized spacial score (nSPS) is 13.4. The van der Waals surface area contributed by atoms with Crippen LogP contribution in [-0.4, -0.2) is 29.3 Å². The van der Waals surface area contributed by atoms with E-state index < -0.39 is 5.60 Å². The third kappa shape index (κ3) is 2.79. The van der Waals surface area contributed by atoms with Crippen LogP contribution in [0.5, 0.6) is 5.88 Å². The van der Waals surface area contributed by atoms with Gasteiger partial charge >= 0.3 is 0 Å². The van der Waals surface area contributed by atoms with Crippen molar-refractivity contribution >= 4 is 0 Å². The minimum absolute atomic E-state index is 0.351. The molecule has 0 aliphatic rings. The van der Waals surface area contributed by atoms with Gasteiger partial charge in [-0.3, -0.25) is 4.98 Å². The predicted octanol–water partition coefficient (Wildman–Crippen LogP) is 2.08. The highest BCUT2D eigenvalue weighted by atomic mass is 16.5. The van der Waals surface area contributed by atoms with Gasteiger partial charge in [0.25, 0.3) is 0 Å². The van der Waals surface area contributed by atoms with Crippen LogP contribution in [0.2, 0.25) is 0 Å². The molecular weight excluding hydrogens is 230 g/mol. The number of aromatic nitrogens is 2. The molecule has 0 fully saturated rings. The molecule has 0 bridgehead atoms. The fourth-order valence-corrected chi connectivity index (χ4v) is 2.23. The summed E-state index contributed by atoms with van der Waals surface area (Å²) in [6, 6.07) is -0.351. The number of methoxy groups -OCH3 is 1. The molecule has 2 N–H and O–H groups in total. The monoisotopic (exact) mass is 253 g/mol. The summed E-state index contributed by atoms with van der Waals surface area (Å²) in [5.74, 6) is 0.468. The Morgan fingerprint density at radius 1 is 1.22 bits per heavy atom. The first-order valence-corrected chi connectivity index (χ1v) is 6.39. The number of hydrogen-bond donors (Lipinski definition) is 1. The van der Waals surface area contributed by atoms with Crippen molar-refractivity contribution < 1.29 is 9.47 Å². The second kappa shape index (κ2) is 6.66. The van der Waals surface area contributed by atoms with Crippen molar-refractivity contribution in [3.8, 4) is 5.88 Å². The molecule has 0 radical (unpaired) electrons. The molecule has 1 aromatic rings. The summed E-state index contributed by atoms with van der Waals surface area (Å²) in [7, 11) is 1.57. The summed E-state index contributed by atoms with van der Waals surface area (Å²) in [6.07, 6.45) is 4.85. The van der Waals surface area contributed by atoms with Gasteiger partial charge in [0.2, 0.25) is 5.88 Å². The lowest BCUT2D eigenvalue weighted by Crippen LogP contribution is -2.43. The Bertz CT molecular complexity index is 367. The Hall–Kier alpha value is -1.20. The Morgan fingerprint density at radius 2 is 1.83 bits per heavy atom. The molecule has 18 heavy (non-hydrogen) atoms. The largest absolute Gasteiger partial charge is 0.480 e. The zero-order valence-corrected chi connectivity index (χ0v) is 11.6. The SMILES string of the molecule is CCOC(CC)(CC)C(N)c1nccnc1OC. The maximum Gasteiger partial charge on any atom is 0.237 e. The second-order valence-electron chi connectivity index (χ2n) is 4.13. The van der Waals surface area contributed by atoms with E-state index >= 15 is 0 Å². The zero-order chi connectivity index (χ0) is 13.6. The summed E-state index contributed by atoms with van der Waals surface area (Å²) in [6.45, 7) is 6.74. The molecular formula is C13H23N3O2. The van der Waals surface area contributed by atoms with Gasteiger partial charge in [0.1, 0.15) is 5.69 Å². The zero-order valence-electron chi connectivity index (χ0n) is 11.6. The summed E-state index contributed by atoms with van der Waals surface area (Å²) in [4.78, 5) is 8.44.